The molecule has 6 heteroatoms. The van der Waals surface area contributed by atoms with E-state index in [0.29, 0.717) is 10.6 Å². The smallest absolute Gasteiger partial charge is 0.242 e. The standard InChI is InChI=1S/C15H23N3O2S/c1-15(8-10-16-11-9-15)17-13-4-2-3-5-14(13)21(19,20)18-12-6-7-12/h2-5,12,16-18H,6-11H2,1H3. The van der Waals surface area contributed by atoms with Crippen LogP contribution in [0.2, 0.25) is 0 Å². The second kappa shape index (κ2) is 5.59. The zero-order valence-corrected chi connectivity index (χ0v) is 13.2. The molecule has 2 fully saturated rings. The van der Waals surface area contributed by atoms with Gasteiger partial charge in [0.2, 0.25) is 10.0 Å². The molecule has 2 aliphatic rings. The summed E-state index contributed by atoms with van der Waals surface area (Å²) in [5, 5.41) is 6.80. The normalized spacial score (nSPS) is 22.0. The van der Waals surface area contributed by atoms with Crippen LogP contribution in [-0.2, 0) is 10.0 Å². The van der Waals surface area contributed by atoms with Gasteiger partial charge in [0.25, 0.3) is 0 Å². The van der Waals surface area contributed by atoms with Crippen molar-refractivity contribution in [2.24, 2.45) is 0 Å². The Kier molecular flexibility index (Phi) is 3.94. The van der Waals surface area contributed by atoms with Crippen molar-refractivity contribution in [2.45, 2.75) is 49.1 Å². The van der Waals surface area contributed by atoms with Crippen molar-refractivity contribution in [2.75, 3.05) is 18.4 Å². The third kappa shape index (κ3) is 3.56. The molecule has 21 heavy (non-hydrogen) atoms. The summed E-state index contributed by atoms with van der Waals surface area (Å²) in [6, 6.07) is 7.31. The van der Waals surface area contributed by atoms with Gasteiger partial charge >= 0.3 is 0 Å². The van der Waals surface area contributed by atoms with Crippen LogP contribution in [-0.4, -0.2) is 33.1 Å². The van der Waals surface area contributed by atoms with Gasteiger partial charge in [-0.1, -0.05) is 12.1 Å². The van der Waals surface area contributed by atoms with Crippen LogP contribution in [0.4, 0.5) is 5.69 Å². The fraction of sp³-hybridized carbons (Fsp3) is 0.600. The Hall–Kier alpha value is -1.11. The summed E-state index contributed by atoms with van der Waals surface area (Å²) in [5.41, 5.74) is 0.645. The van der Waals surface area contributed by atoms with Gasteiger partial charge in [0.05, 0.1) is 5.69 Å². The van der Waals surface area contributed by atoms with Crippen molar-refractivity contribution in [3.63, 3.8) is 0 Å². The first kappa shape index (κ1) is 14.8. The molecule has 0 amide bonds. The van der Waals surface area contributed by atoms with Crippen LogP contribution in [0.25, 0.3) is 0 Å². The Labute approximate surface area is 126 Å². The molecule has 1 saturated heterocycles. The monoisotopic (exact) mass is 309 g/mol. The second-order valence-corrected chi connectivity index (χ2v) is 8.01. The maximum absolute atomic E-state index is 12.5. The lowest BCUT2D eigenvalue weighted by atomic mass is 9.90. The van der Waals surface area contributed by atoms with Crippen LogP contribution < -0.4 is 15.4 Å². The van der Waals surface area contributed by atoms with E-state index in [1.165, 1.54) is 0 Å². The van der Waals surface area contributed by atoms with Gasteiger partial charge < -0.3 is 10.6 Å². The van der Waals surface area contributed by atoms with Crippen LogP contribution in [0, 0.1) is 0 Å². The van der Waals surface area contributed by atoms with Crippen molar-refractivity contribution in [3.8, 4) is 0 Å². The number of anilines is 1. The van der Waals surface area contributed by atoms with E-state index in [1.807, 2.05) is 12.1 Å². The zero-order valence-electron chi connectivity index (χ0n) is 12.4. The second-order valence-electron chi connectivity index (χ2n) is 6.33. The fourth-order valence-corrected chi connectivity index (χ4v) is 4.18. The van der Waals surface area contributed by atoms with Crippen LogP contribution in [0.15, 0.2) is 29.2 Å². The Balaban J connectivity index is 1.85. The third-order valence-electron chi connectivity index (χ3n) is 4.22. The number of para-hydroxylation sites is 1. The van der Waals surface area contributed by atoms with Crippen LogP contribution in [0.5, 0.6) is 0 Å². The largest absolute Gasteiger partial charge is 0.379 e. The molecule has 1 saturated carbocycles. The first-order valence-electron chi connectivity index (χ1n) is 7.59. The SMILES string of the molecule is CC1(Nc2ccccc2S(=O)(=O)NC2CC2)CCNCC1. The minimum atomic E-state index is -3.43. The summed E-state index contributed by atoms with van der Waals surface area (Å²) in [6.07, 6.45) is 3.85. The Morgan fingerprint density at radius 1 is 1.19 bits per heavy atom. The lowest BCUT2D eigenvalue weighted by Gasteiger charge is -2.36. The number of hydrogen-bond donors (Lipinski definition) is 3. The van der Waals surface area contributed by atoms with Gasteiger partial charge in [-0.3, -0.25) is 0 Å². The molecule has 116 valence electrons. The molecule has 0 atom stereocenters. The average Bonchev–Trinajstić information content (AvgIpc) is 3.23. The molecule has 1 aromatic carbocycles. The minimum Gasteiger partial charge on any atom is -0.379 e. The summed E-state index contributed by atoms with van der Waals surface area (Å²) < 4.78 is 27.7. The van der Waals surface area contributed by atoms with Crippen LogP contribution in [0.3, 0.4) is 0 Å². The molecule has 1 aromatic rings. The number of sulfonamides is 1. The molecule has 3 N–H and O–H groups in total. The van der Waals surface area contributed by atoms with Gasteiger partial charge in [-0.15, -0.1) is 0 Å². The summed E-state index contributed by atoms with van der Waals surface area (Å²) in [5.74, 6) is 0. The first-order valence-corrected chi connectivity index (χ1v) is 9.07. The van der Waals surface area contributed by atoms with Gasteiger partial charge in [-0.25, -0.2) is 13.1 Å². The van der Waals surface area contributed by atoms with E-state index in [0.717, 1.165) is 38.8 Å². The molecular formula is C15H23N3O2S. The molecule has 3 rings (SSSR count). The van der Waals surface area contributed by atoms with Crippen LogP contribution >= 0.6 is 0 Å². The number of rotatable bonds is 5. The number of hydrogen-bond acceptors (Lipinski definition) is 4. The lowest BCUT2D eigenvalue weighted by molar-refractivity contribution is 0.364. The van der Waals surface area contributed by atoms with Crippen molar-refractivity contribution in [1.29, 1.82) is 0 Å². The van der Waals surface area contributed by atoms with E-state index in [1.54, 1.807) is 12.1 Å². The van der Waals surface area contributed by atoms with E-state index in [-0.39, 0.29) is 11.6 Å². The topological polar surface area (TPSA) is 70.2 Å². The first-order chi connectivity index (χ1) is 9.99. The number of piperidine rings is 1. The molecule has 0 spiro atoms. The summed E-state index contributed by atoms with van der Waals surface area (Å²) in [6.45, 7) is 4.07. The van der Waals surface area contributed by atoms with Gasteiger partial charge in [0, 0.05) is 11.6 Å². The van der Waals surface area contributed by atoms with Gasteiger partial charge in [0.1, 0.15) is 4.90 Å². The van der Waals surface area contributed by atoms with E-state index >= 15 is 0 Å². The van der Waals surface area contributed by atoms with Crippen LogP contribution in [0.1, 0.15) is 32.6 Å². The van der Waals surface area contributed by atoms with Gasteiger partial charge in [0.15, 0.2) is 0 Å². The summed E-state index contributed by atoms with van der Waals surface area (Å²) >= 11 is 0. The highest BCUT2D eigenvalue weighted by molar-refractivity contribution is 7.89. The van der Waals surface area contributed by atoms with Gasteiger partial charge in [-0.2, -0.15) is 0 Å². The van der Waals surface area contributed by atoms with E-state index in [4.69, 9.17) is 0 Å². The Morgan fingerprint density at radius 3 is 2.52 bits per heavy atom. The summed E-state index contributed by atoms with van der Waals surface area (Å²) in [4.78, 5) is 0.358. The highest BCUT2D eigenvalue weighted by atomic mass is 32.2. The van der Waals surface area contributed by atoms with E-state index in [9.17, 15) is 8.42 Å². The molecule has 0 aromatic heterocycles. The van der Waals surface area contributed by atoms with E-state index in [2.05, 4.69) is 22.3 Å². The minimum absolute atomic E-state index is 0.0591. The van der Waals surface area contributed by atoms with E-state index < -0.39 is 10.0 Å². The average molecular weight is 309 g/mol. The molecule has 0 bridgehead atoms. The molecule has 0 radical (unpaired) electrons. The predicted molar refractivity (Wildman–Crippen MR) is 83.9 cm³/mol. The van der Waals surface area contributed by atoms with Crippen molar-refractivity contribution < 1.29 is 8.42 Å². The van der Waals surface area contributed by atoms with Gasteiger partial charge in [-0.05, 0) is 57.8 Å². The molecule has 1 aliphatic heterocycles. The Bertz CT molecular complexity index is 605. The summed E-state index contributed by atoms with van der Waals surface area (Å²) in [7, 11) is -3.43. The Morgan fingerprint density at radius 2 is 1.86 bits per heavy atom. The molecular weight excluding hydrogens is 286 g/mol. The predicted octanol–water partition coefficient (Wildman–Crippen LogP) is 1.68. The molecule has 5 nitrogen and oxygen atoms in total. The van der Waals surface area contributed by atoms with Crippen molar-refractivity contribution in [1.82, 2.24) is 10.0 Å². The van der Waals surface area contributed by atoms with Crippen molar-refractivity contribution >= 4 is 15.7 Å². The van der Waals surface area contributed by atoms with Crippen molar-refractivity contribution in [3.05, 3.63) is 24.3 Å². The quantitative estimate of drug-likeness (QED) is 0.774. The number of nitrogens with one attached hydrogen (secondary N) is 3. The zero-order chi connectivity index (χ0) is 14.9. The lowest BCUT2D eigenvalue weighted by Crippen LogP contribution is -2.45. The molecule has 1 aliphatic carbocycles. The maximum atomic E-state index is 12.5. The highest BCUT2D eigenvalue weighted by Crippen LogP contribution is 2.30. The number of benzene rings is 1. The molecule has 0 unspecified atom stereocenters. The molecule has 1 heterocycles. The fourth-order valence-electron chi connectivity index (χ4n) is 2.72. The highest BCUT2D eigenvalue weighted by Gasteiger charge is 2.31. The maximum Gasteiger partial charge on any atom is 0.242 e. The third-order valence-corrected chi connectivity index (χ3v) is 5.80.